The van der Waals surface area contributed by atoms with Crippen LogP contribution in [0.2, 0.25) is 0 Å². The maximum Gasteiger partial charge on any atom is 0.138 e. The lowest BCUT2D eigenvalue weighted by atomic mass is 10.0. The highest BCUT2D eigenvalue weighted by atomic mass is 16.5. The summed E-state index contributed by atoms with van der Waals surface area (Å²) >= 11 is 0. The van der Waals surface area contributed by atoms with Crippen molar-refractivity contribution in [1.29, 1.82) is 0 Å². The van der Waals surface area contributed by atoms with Gasteiger partial charge in [-0.25, -0.2) is 4.98 Å². The largest absolute Gasteiger partial charge is 0.483 e. The molecule has 0 unspecified atom stereocenters. The van der Waals surface area contributed by atoms with Crippen LogP contribution in [0, 0.1) is 0 Å². The van der Waals surface area contributed by atoms with Crippen LogP contribution in [0.5, 0.6) is 5.75 Å². The molecule has 1 aliphatic heterocycles. The Labute approximate surface area is 90.3 Å². The van der Waals surface area contributed by atoms with Gasteiger partial charge in [-0.1, -0.05) is 0 Å². The van der Waals surface area contributed by atoms with E-state index in [2.05, 4.69) is 17.2 Å². The molecular weight excluding hydrogens is 190 g/mol. The van der Waals surface area contributed by atoms with Crippen molar-refractivity contribution < 1.29 is 4.74 Å². The van der Waals surface area contributed by atoms with E-state index in [0.29, 0.717) is 0 Å². The molecule has 1 saturated heterocycles. The third-order valence-electron chi connectivity index (χ3n) is 2.54. The summed E-state index contributed by atoms with van der Waals surface area (Å²) < 4.78 is 5.83. The topological polar surface area (TPSA) is 37.4 Å². The molecule has 1 aliphatic rings. The molecule has 0 aromatic carbocycles. The van der Waals surface area contributed by atoms with Crippen molar-refractivity contribution in [3.05, 3.63) is 18.3 Å². The fourth-order valence-electron chi connectivity index (χ4n) is 1.53. The van der Waals surface area contributed by atoms with Crippen LogP contribution in [0.4, 0.5) is 5.82 Å². The lowest BCUT2D eigenvalue weighted by Crippen LogP contribution is -2.61. The first-order chi connectivity index (χ1) is 7.09. The molecule has 1 aromatic rings. The maximum atomic E-state index is 5.83. The van der Waals surface area contributed by atoms with Gasteiger partial charge in [0.2, 0.25) is 0 Å². The third kappa shape index (κ3) is 2.21. The van der Waals surface area contributed by atoms with E-state index in [4.69, 9.17) is 4.74 Å². The van der Waals surface area contributed by atoms with Crippen molar-refractivity contribution in [3.8, 4) is 5.75 Å². The highest BCUT2D eigenvalue weighted by Crippen LogP contribution is 2.22. The van der Waals surface area contributed by atoms with Gasteiger partial charge in [0.05, 0.1) is 6.20 Å². The molecule has 2 heterocycles. The standard InChI is InChI=1S/C11H17N3O/c1-11(7-12-8-11)15-9-4-5-10(13-6-9)14(2)3/h4-6,12H,7-8H2,1-3H3. The summed E-state index contributed by atoms with van der Waals surface area (Å²) in [6, 6.07) is 3.93. The molecule has 0 radical (unpaired) electrons. The zero-order valence-electron chi connectivity index (χ0n) is 9.45. The van der Waals surface area contributed by atoms with Gasteiger partial charge in [0.25, 0.3) is 0 Å². The Balaban J connectivity index is 2.04. The average molecular weight is 207 g/mol. The number of ether oxygens (including phenoxy) is 1. The van der Waals surface area contributed by atoms with Crippen LogP contribution in [-0.2, 0) is 0 Å². The molecule has 1 aromatic heterocycles. The molecule has 0 saturated carbocycles. The van der Waals surface area contributed by atoms with Crippen molar-refractivity contribution in [1.82, 2.24) is 10.3 Å². The van der Waals surface area contributed by atoms with Crippen LogP contribution in [0.3, 0.4) is 0 Å². The number of nitrogens with zero attached hydrogens (tertiary/aromatic N) is 2. The minimum Gasteiger partial charge on any atom is -0.483 e. The van der Waals surface area contributed by atoms with Crippen molar-refractivity contribution in [3.63, 3.8) is 0 Å². The summed E-state index contributed by atoms with van der Waals surface area (Å²) in [6.07, 6.45) is 1.78. The molecule has 0 aliphatic carbocycles. The van der Waals surface area contributed by atoms with Gasteiger partial charge in [0.1, 0.15) is 17.2 Å². The minimum atomic E-state index is -0.0543. The predicted molar refractivity (Wildman–Crippen MR) is 60.5 cm³/mol. The van der Waals surface area contributed by atoms with Gasteiger partial charge < -0.3 is 15.0 Å². The fourth-order valence-corrected chi connectivity index (χ4v) is 1.53. The first-order valence-corrected chi connectivity index (χ1v) is 5.12. The van der Waals surface area contributed by atoms with Gasteiger partial charge in [0, 0.05) is 27.2 Å². The summed E-state index contributed by atoms with van der Waals surface area (Å²) in [7, 11) is 3.94. The van der Waals surface area contributed by atoms with Crippen molar-refractivity contribution in [2.75, 3.05) is 32.1 Å². The van der Waals surface area contributed by atoms with Crippen LogP contribution in [-0.4, -0.2) is 37.8 Å². The minimum absolute atomic E-state index is 0.0543. The lowest BCUT2D eigenvalue weighted by Gasteiger charge is -2.39. The number of nitrogens with one attached hydrogen (secondary N) is 1. The molecule has 0 spiro atoms. The second-order valence-electron chi connectivity index (χ2n) is 4.40. The average Bonchev–Trinajstić information content (AvgIpc) is 2.16. The van der Waals surface area contributed by atoms with Crippen LogP contribution < -0.4 is 15.0 Å². The van der Waals surface area contributed by atoms with Gasteiger partial charge in [-0.05, 0) is 19.1 Å². The Bertz CT molecular complexity index is 330. The van der Waals surface area contributed by atoms with Crippen molar-refractivity contribution in [2.24, 2.45) is 0 Å². The molecule has 0 amide bonds. The molecule has 4 heteroatoms. The van der Waals surface area contributed by atoms with E-state index in [-0.39, 0.29) is 5.60 Å². The van der Waals surface area contributed by atoms with E-state index in [1.54, 1.807) is 6.20 Å². The summed E-state index contributed by atoms with van der Waals surface area (Å²) in [5.74, 6) is 1.78. The summed E-state index contributed by atoms with van der Waals surface area (Å²) in [5.41, 5.74) is -0.0543. The number of aromatic nitrogens is 1. The van der Waals surface area contributed by atoms with Gasteiger partial charge in [-0.15, -0.1) is 0 Å². The molecule has 1 N–H and O–H groups in total. The molecule has 0 bridgehead atoms. The monoisotopic (exact) mass is 207 g/mol. The second kappa shape index (κ2) is 3.70. The Morgan fingerprint density at radius 3 is 2.53 bits per heavy atom. The van der Waals surface area contributed by atoms with Crippen LogP contribution >= 0.6 is 0 Å². The van der Waals surface area contributed by atoms with Gasteiger partial charge in [-0.2, -0.15) is 0 Å². The van der Waals surface area contributed by atoms with Gasteiger partial charge >= 0.3 is 0 Å². The van der Waals surface area contributed by atoms with E-state index >= 15 is 0 Å². The van der Waals surface area contributed by atoms with Gasteiger partial charge in [-0.3, -0.25) is 0 Å². The highest BCUT2D eigenvalue weighted by Gasteiger charge is 2.33. The molecule has 82 valence electrons. The molecule has 1 fully saturated rings. The second-order valence-corrected chi connectivity index (χ2v) is 4.40. The van der Waals surface area contributed by atoms with E-state index in [9.17, 15) is 0 Å². The van der Waals surface area contributed by atoms with Crippen LogP contribution in [0.25, 0.3) is 0 Å². The Hall–Kier alpha value is -1.29. The molecule has 2 rings (SSSR count). The van der Waals surface area contributed by atoms with Crippen LogP contribution in [0.15, 0.2) is 18.3 Å². The predicted octanol–water partition coefficient (Wildman–Crippen LogP) is 0.888. The summed E-state index contributed by atoms with van der Waals surface area (Å²) in [5, 5.41) is 3.20. The first kappa shape index (κ1) is 10.2. The first-order valence-electron chi connectivity index (χ1n) is 5.12. The molecular formula is C11H17N3O. The zero-order valence-corrected chi connectivity index (χ0v) is 9.45. The highest BCUT2D eigenvalue weighted by molar-refractivity contribution is 5.39. The Kier molecular flexibility index (Phi) is 2.52. The number of rotatable bonds is 3. The van der Waals surface area contributed by atoms with Crippen LogP contribution in [0.1, 0.15) is 6.92 Å². The molecule has 4 nitrogen and oxygen atoms in total. The number of hydrogen-bond acceptors (Lipinski definition) is 4. The maximum absolute atomic E-state index is 5.83. The number of pyridine rings is 1. The lowest BCUT2D eigenvalue weighted by molar-refractivity contribution is 0.0345. The van der Waals surface area contributed by atoms with Crippen molar-refractivity contribution >= 4 is 5.82 Å². The SMILES string of the molecule is CN(C)c1ccc(OC2(C)CNC2)cn1. The quantitative estimate of drug-likeness (QED) is 0.798. The van der Waals surface area contributed by atoms with E-state index < -0.39 is 0 Å². The molecule has 15 heavy (non-hydrogen) atoms. The fraction of sp³-hybridized carbons (Fsp3) is 0.545. The number of hydrogen-bond donors (Lipinski definition) is 1. The van der Waals surface area contributed by atoms with E-state index in [1.165, 1.54) is 0 Å². The molecule has 0 atom stereocenters. The summed E-state index contributed by atoms with van der Waals surface area (Å²) in [4.78, 5) is 6.27. The number of anilines is 1. The normalized spacial score (nSPS) is 18.1. The van der Waals surface area contributed by atoms with Gasteiger partial charge in [0.15, 0.2) is 0 Å². The van der Waals surface area contributed by atoms with E-state index in [1.807, 2.05) is 31.1 Å². The summed E-state index contributed by atoms with van der Waals surface area (Å²) in [6.45, 7) is 3.91. The Morgan fingerprint density at radius 1 is 1.40 bits per heavy atom. The Morgan fingerprint density at radius 2 is 2.13 bits per heavy atom. The zero-order chi connectivity index (χ0) is 10.9. The smallest absolute Gasteiger partial charge is 0.138 e. The third-order valence-corrected chi connectivity index (χ3v) is 2.54. The van der Waals surface area contributed by atoms with E-state index in [0.717, 1.165) is 24.7 Å². The van der Waals surface area contributed by atoms with Crippen molar-refractivity contribution in [2.45, 2.75) is 12.5 Å².